The molecule has 0 aliphatic rings. The summed E-state index contributed by atoms with van der Waals surface area (Å²) in [5.41, 5.74) is 0. The zero-order chi connectivity index (χ0) is 13.6. The van der Waals surface area contributed by atoms with Crippen LogP contribution in [-0.4, -0.2) is 38.8 Å². The molecular formula is C14H30N2O2. The summed E-state index contributed by atoms with van der Waals surface area (Å²) >= 11 is 0. The second kappa shape index (κ2) is 12.8. The van der Waals surface area contributed by atoms with Crippen LogP contribution in [0.5, 0.6) is 0 Å². The van der Waals surface area contributed by atoms with Crippen LogP contribution >= 0.6 is 0 Å². The Kier molecular flexibility index (Phi) is 12.4. The lowest BCUT2D eigenvalue weighted by atomic mass is 10.2. The van der Waals surface area contributed by atoms with E-state index in [1.54, 1.807) is 7.11 Å². The predicted octanol–water partition coefficient (Wildman–Crippen LogP) is 2.09. The molecule has 0 saturated carbocycles. The topological polar surface area (TPSA) is 50.4 Å². The first-order chi connectivity index (χ1) is 8.72. The molecule has 0 aliphatic carbocycles. The van der Waals surface area contributed by atoms with E-state index in [0.717, 1.165) is 45.4 Å². The monoisotopic (exact) mass is 258 g/mol. The summed E-state index contributed by atoms with van der Waals surface area (Å²) in [6.07, 6.45) is 6.77. The lowest BCUT2D eigenvalue weighted by Crippen LogP contribution is -2.42. The summed E-state index contributed by atoms with van der Waals surface area (Å²) in [6.45, 7) is 6.60. The maximum absolute atomic E-state index is 11.7. The lowest BCUT2D eigenvalue weighted by molar-refractivity contribution is -0.122. The Morgan fingerprint density at radius 3 is 2.50 bits per heavy atom. The van der Waals surface area contributed by atoms with Crippen molar-refractivity contribution in [3.8, 4) is 0 Å². The van der Waals surface area contributed by atoms with E-state index in [2.05, 4.69) is 17.6 Å². The van der Waals surface area contributed by atoms with Crippen LogP contribution in [0.3, 0.4) is 0 Å². The molecule has 2 N–H and O–H groups in total. The molecule has 1 atom stereocenters. The maximum atomic E-state index is 11.7. The smallest absolute Gasteiger partial charge is 0.236 e. The Bertz CT molecular complexity index is 198. The minimum atomic E-state index is -0.0888. The highest BCUT2D eigenvalue weighted by Gasteiger charge is 2.10. The van der Waals surface area contributed by atoms with Gasteiger partial charge in [0.2, 0.25) is 5.91 Å². The largest absolute Gasteiger partial charge is 0.385 e. The number of unbranched alkanes of at least 4 members (excludes halogenated alkanes) is 4. The second-order valence-electron chi connectivity index (χ2n) is 4.73. The normalized spacial score (nSPS) is 12.4. The number of methoxy groups -OCH3 is 1. The molecule has 108 valence electrons. The van der Waals surface area contributed by atoms with Gasteiger partial charge < -0.3 is 15.4 Å². The highest BCUT2D eigenvalue weighted by Crippen LogP contribution is 1.95. The third kappa shape index (κ3) is 10.5. The van der Waals surface area contributed by atoms with Gasteiger partial charge in [-0.2, -0.15) is 0 Å². The molecule has 0 fully saturated rings. The van der Waals surface area contributed by atoms with Gasteiger partial charge in [0, 0.05) is 20.3 Å². The van der Waals surface area contributed by atoms with E-state index in [0.29, 0.717) is 0 Å². The van der Waals surface area contributed by atoms with Crippen LogP contribution < -0.4 is 10.6 Å². The van der Waals surface area contributed by atoms with Crippen molar-refractivity contribution in [2.45, 2.75) is 58.4 Å². The number of hydrogen-bond acceptors (Lipinski definition) is 3. The molecule has 0 radical (unpaired) electrons. The third-order valence-electron chi connectivity index (χ3n) is 2.95. The van der Waals surface area contributed by atoms with Crippen molar-refractivity contribution in [2.24, 2.45) is 0 Å². The molecule has 4 nitrogen and oxygen atoms in total. The minimum absolute atomic E-state index is 0.0888. The van der Waals surface area contributed by atoms with Crippen molar-refractivity contribution in [1.29, 1.82) is 0 Å². The summed E-state index contributed by atoms with van der Waals surface area (Å²) in [6, 6.07) is -0.0888. The number of carbonyl (C=O) groups is 1. The third-order valence-corrected chi connectivity index (χ3v) is 2.95. The number of nitrogens with one attached hydrogen (secondary N) is 2. The van der Waals surface area contributed by atoms with E-state index in [1.807, 2.05) is 6.92 Å². The molecule has 4 heteroatoms. The van der Waals surface area contributed by atoms with E-state index >= 15 is 0 Å². The van der Waals surface area contributed by atoms with Crippen molar-refractivity contribution < 1.29 is 9.53 Å². The van der Waals surface area contributed by atoms with Gasteiger partial charge in [-0.15, -0.1) is 0 Å². The Hall–Kier alpha value is -0.610. The number of ether oxygens (including phenoxy) is 1. The van der Waals surface area contributed by atoms with Crippen LogP contribution in [0.15, 0.2) is 0 Å². The summed E-state index contributed by atoms with van der Waals surface area (Å²) in [5, 5.41) is 6.20. The summed E-state index contributed by atoms with van der Waals surface area (Å²) < 4.78 is 4.99. The first kappa shape index (κ1) is 17.4. The number of rotatable bonds is 12. The van der Waals surface area contributed by atoms with Crippen molar-refractivity contribution >= 4 is 5.91 Å². The fourth-order valence-corrected chi connectivity index (χ4v) is 1.70. The van der Waals surface area contributed by atoms with Gasteiger partial charge in [0.25, 0.3) is 0 Å². The first-order valence-corrected chi connectivity index (χ1v) is 7.22. The molecule has 0 spiro atoms. The average molecular weight is 258 g/mol. The molecule has 0 rings (SSSR count). The number of amides is 1. The molecule has 0 heterocycles. The van der Waals surface area contributed by atoms with E-state index in [1.165, 1.54) is 12.8 Å². The van der Waals surface area contributed by atoms with Crippen LogP contribution in [0.2, 0.25) is 0 Å². The second-order valence-corrected chi connectivity index (χ2v) is 4.73. The Morgan fingerprint density at radius 2 is 1.83 bits per heavy atom. The molecule has 1 amide bonds. The fourth-order valence-electron chi connectivity index (χ4n) is 1.70. The summed E-state index contributed by atoms with van der Waals surface area (Å²) in [5.74, 6) is 0.114. The molecule has 0 aromatic rings. The molecular weight excluding hydrogens is 228 g/mol. The Morgan fingerprint density at radius 1 is 1.11 bits per heavy atom. The number of carbonyl (C=O) groups excluding carboxylic acids is 1. The van der Waals surface area contributed by atoms with Gasteiger partial charge in [-0.25, -0.2) is 0 Å². The van der Waals surface area contributed by atoms with E-state index in [4.69, 9.17) is 4.74 Å². The minimum Gasteiger partial charge on any atom is -0.385 e. The lowest BCUT2D eigenvalue weighted by Gasteiger charge is -2.13. The van der Waals surface area contributed by atoms with Crippen LogP contribution in [0.1, 0.15) is 52.4 Å². The molecule has 1 unspecified atom stereocenters. The van der Waals surface area contributed by atoms with E-state index in [-0.39, 0.29) is 11.9 Å². The maximum Gasteiger partial charge on any atom is 0.236 e. The highest BCUT2D eigenvalue weighted by atomic mass is 16.5. The average Bonchev–Trinajstić information content (AvgIpc) is 2.38. The van der Waals surface area contributed by atoms with Crippen molar-refractivity contribution in [1.82, 2.24) is 10.6 Å². The van der Waals surface area contributed by atoms with Crippen LogP contribution in [0.4, 0.5) is 0 Å². The SMILES string of the molecule is CCCCCNC(=O)C(C)NCCCCCOC. The quantitative estimate of drug-likeness (QED) is 0.527. The fraction of sp³-hybridized carbons (Fsp3) is 0.929. The van der Waals surface area contributed by atoms with Crippen LogP contribution in [0.25, 0.3) is 0 Å². The zero-order valence-electron chi connectivity index (χ0n) is 12.3. The van der Waals surface area contributed by atoms with Crippen LogP contribution in [0, 0.1) is 0 Å². The molecule has 0 aliphatic heterocycles. The predicted molar refractivity (Wildman–Crippen MR) is 75.7 cm³/mol. The van der Waals surface area contributed by atoms with Crippen molar-refractivity contribution in [3.05, 3.63) is 0 Å². The van der Waals surface area contributed by atoms with Gasteiger partial charge in [-0.1, -0.05) is 19.8 Å². The van der Waals surface area contributed by atoms with Gasteiger partial charge in [0.15, 0.2) is 0 Å². The highest BCUT2D eigenvalue weighted by molar-refractivity contribution is 5.81. The standard InChI is InChI=1S/C14H30N2O2/c1-4-5-7-11-16-14(17)13(2)15-10-8-6-9-12-18-3/h13,15H,4-12H2,1-3H3,(H,16,17). The van der Waals surface area contributed by atoms with Crippen molar-refractivity contribution in [3.63, 3.8) is 0 Å². The van der Waals surface area contributed by atoms with Crippen LogP contribution in [-0.2, 0) is 9.53 Å². The summed E-state index contributed by atoms with van der Waals surface area (Å²) in [4.78, 5) is 11.7. The van der Waals surface area contributed by atoms with E-state index in [9.17, 15) is 4.79 Å². The molecule has 0 aromatic heterocycles. The molecule has 0 saturated heterocycles. The zero-order valence-corrected chi connectivity index (χ0v) is 12.3. The van der Waals surface area contributed by atoms with E-state index < -0.39 is 0 Å². The number of hydrogen-bond donors (Lipinski definition) is 2. The Balaban J connectivity index is 3.38. The van der Waals surface area contributed by atoms with Gasteiger partial charge >= 0.3 is 0 Å². The Labute approximate surface area is 112 Å². The summed E-state index contributed by atoms with van der Waals surface area (Å²) in [7, 11) is 1.73. The van der Waals surface area contributed by atoms with Gasteiger partial charge in [-0.3, -0.25) is 4.79 Å². The molecule has 18 heavy (non-hydrogen) atoms. The van der Waals surface area contributed by atoms with Gasteiger partial charge in [0.1, 0.15) is 0 Å². The first-order valence-electron chi connectivity index (χ1n) is 7.22. The molecule has 0 aromatic carbocycles. The molecule has 0 bridgehead atoms. The van der Waals surface area contributed by atoms with Gasteiger partial charge in [-0.05, 0) is 39.2 Å². The van der Waals surface area contributed by atoms with Crippen molar-refractivity contribution in [2.75, 3.05) is 26.8 Å². The van der Waals surface area contributed by atoms with Gasteiger partial charge in [0.05, 0.1) is 6.04 Å².